The number of hydrogen-bond acceptors (Lipinski definition) is 4. The van der Waals surface area contributed by atoms with E-state index >= 15 is 0 Å². The van der Waals surface area contributed by atoms with E-state index in [1.54, 1.807) is 16.9 Å². The van der Waals surface area contributed by atoms with Gasteiger partial charge in [0.05, 0.1) is 6.54 Å². The molecule has 0 unspecified atom stereocenters. The Kier molecular flexibility index (Phi) is 3.65. The number of oxazole rings is 1. The number of nitrogens with zero attached hydrogens (tertiary/aromatic N) is 4. The number of aryl methyl sites for hydroxylation is 1. The summed E-state index contributed by atoms with van der Waals surface area (Å²) in [4.78, 5) is 19.1. The lowest BCUT2D eigenvalue weighted by molar-refractivity contribution is 0.0715. The van der Waals surface area contributed by atoms with Gasteiger partial charge in [-0.15, -0.1) is 0 Å². The van der Waals surface area contributed by atoms with Gasteiger partial charge in [-0.3, -0.25) is 9.48 Å². The minimum atomic E-state index is -0.00994. The molecule has 122 valence electrons. The molecule has 3 heterocycles. The van der Waals surface area contributed by atoms with Gasteiger partial charge in [0, 0.05) is 31.3 Å². The second-order valence-electron chi connectivity index (χ2n) is 5.76. The van der Waals surface area contributed by atoms with Crippen LogP contribution in [-0.2, 0) is 19.5 Å². The van der Waals surface area contributed by atoms with Gasteiger partial charge in [0.2, 0.25) is 5.89 Å². The Hall–Kier alpha value is -2.89. The molecule has 1 aromatic carbocycles. The van der Waals surface area contributed by atoms with E-state index in [1.165, 1.54) is 0 Å². The maximum atomic E-state index is 12.7. The van der Waals surface area contributed by atoms with Gasteiger partial charge in [-0.05, 0) is 25.1 Å². The van der Waals surface area contributed by atoms with Gasteiger partial charge in [-0.25, -0.2) is 4.98 Å². The highest BCUT2D eigenvalue weighted by atomic mass is 16.4. The normalized spacial score (nSPS) is 13.8. The second-order valence-corrected chi connectivity index (χ2v) is 5.76. The molecule has 24 heavy (non-hydrogen) atoms. The van der Waals surface area contributed by atoms with E-state index in [-0.39, 0.29) is 5.91 Å². The van der Waals surface area contributed by atoms with Crippen LogP contribution in [0.25, 0.3) is 11.5 Å². The number of hydrogen-bond donors (Lipinski definition) is 0. The van der Waals surface area contributed by atoms with E-state index in [0.29, 0.717) is 37.6 Å². The van der Waals surface area contributed by atoms with Crippen molar-refractivity contribution in [3.63, 3.8) is 0 Å². The van der Waals surface area contributed by atoms with Gasteiger partial charge < -0.3 is 9.32 Å². The zero-order valence-electron chi connectivity index (χ0n) is 13.5. The van der Waals surface area contributed by atoms with Crippen LogP contribution in [0.1, 0.15) is 28.9 Å². The summed E-state index contributed by atoms with van der Waals surface area (Å²) in [7, 11) is 0. The Morgan fingerprint density at radius 2 is 2.08 bits per heavy atom. The monoisotopic (exact) mass is 322 g/mol. The second kappa shape index (κ2) is 5.96. The van der Waals surface area contributed by atoms with Gasteiger partial charge in [0.1, 0.15) is 17.1 Å². The number of rotatable bonds is 3. The van der Waals surface area contributed by atoms with Gasteiger partial charge >= 0.3 is 0 Å². The van der Waals surface area contributed by atoms with Crippen LogP contribution in [-0.4, -0.2) is 32.1 Å². The Balaban J connectivity index is 1.58. The first-order chi connectivity index (χ1) is 11.8. The summed E-state index contributed by atoms with van der Waals surface area (Å²) < 4.78 is 7.61. The summed E-state index contributed by atoms with van der Waals surface area (Å²) in [5.74, 6) is 1.49. The highest BCUT2D eigenvalue weighted by Crippen LogP contribution is 2.26. The number of carbonyl (C=O) groups is 1. The van der Waals surface area contributed by atoms with E-state index in [4.69, 9.17) is 4.42 Å². The van der Waals surface area contributed by atoms with Crippen LogP contribution in [0.4, 0.5) is 0 Å². The average Bonchev–Trinajstić information content (AvgIpc) is 3.27. The smallest absolute Gasteiger partial charge is 0.272 e. The van der Waals surface area contributed by atoms with Crippen LogP contribution < -0.4 is 0 Å². The third-order valence-electron chi connectivity index (χ3n) is 4.27. The molecule has 0 aliphatic carbocycles. The molecule has 0 spiro atoms. The summed E-state index contributed by atoms with van der Waals surface area (Å²) in [5.41, 5.74) is 2.41. The fourth-order valence-corrected chi connectivity index (χ4v) is 3.00. The lowest BCUT2D eigenvalue weighted by Gasteiger charge is -2.25. The Morgan fingerprint density at radius 3 is 2.88 bits per heavy atom. The van der Waals surface area contributed by atoms with Crippen LogP contribution in [0.5, 0.6) is 0 Å². The molecular formula is C18H18N4O2. The lowest BCUT2D eigenvalue weighted by atomic mass is 10.1. The molecule has 0 radical (unpaired) electrons. The molecule has 6 heteroatoms. The minimum absolute atomic E-state index is 0.00994. The molecule has 6 nitrogen and oxygen atoms in total. The third-order valence-corrected chi connectivity index (χ3v) is 4.27. The first-order valence-corrected chi connectivity index (χ1v) is 8.11. The van der Waals surface area contributed by atoms with E-state index in [9.17, 15) is 4.79 Å². The number of carbonyl (C=O) groups excluding carboxylic acids is 1. The van der Waals surface area contributed by atoms with Crippen molar-refractivity contribution in [1.82, 2.24) is 19.7 Å². The van der Waals surface area contributed by atoms with Crippen LogP contribution >= 0.6 is 0 Å². The molecule has 0 saturated carbocycles. The summed E-state index contributed by atoms with van der Waals surface area (Å²) in [5, 5.41) is 4.17. The Bertz CT molecular complexity index is 866. The summed E-state index contributed by atoms with van der Waals surface area (Å²) in [6.07, 6.45) is 2.34. The van der Waals surface area contributed by atoms with E-state index < -0.39 is 0 Å². The van der Waals surface area contributed by atoms with E-state index in [1.807, 2.05) is 42.2 Å². The molecule has 1 amide bonds. The maximum absolute atomic E-state index is 12.7. The van der Waals surface area contributed by atoms with Crippen molar-refractivity contribution in [3.8, 4) is 11.5 Å². The Morgan fingerprint density at radius 1 is 1.25 bits per heavy atom. The summed E-state index contributed by atoms with van der Waals surface area (Å²) in [6.45, 7) is 3.75. The van der Waals surface area contributed by atoms with E-state index in [0.717, 1.165) is 17.0 Å². The quantitative estimate of drug-likeness (QED) is 0.744. The standard InChI is InChI=1S/C18H18N4O2/c1-2-22-15(8-10-19-22)18(23)21-11-9-16-14(12-21)20-17(24-16)13-6-4-3-5-7-13/h3-8,10H,2,9,11-12H2,1H3. The number of benzene rings is 1. The van der Waals surface area contributed by atoms with Gasteiger partial charge in [0.15, 0.2) is 0 Å². The summed E-state index contributed by atoms with van der Waals surface area (Å²) >= 11 is 0. The molecule has 0 atom stereocenters. The number of fused-ring (bicyclic) bond motifs is 1. The average molecular weight is 322 g/mol. The lowest BCUT2D eigenvalue weighted by Crippen LogP contribution is -2.37. The fraction of sp³-hybridized carbons (Fsp3) is 0.278. The van der Waals surface area contributed by atoms with Gasteiger partial charge in [-0.2, -0.15) is 5.10 Å². The predicted octanol–water partition coefficient (Wildman–Crippen LogP) is 2.76. The van der Waals surface area contributed by atoms with Crippen LogP contribution in [0.15, 0.2) is 47.0 Å². The van der Waals surface area contributed by atoms with Crippen molar-refractivity contribution < 1.29 is 9.21 Å². The topological polar surface area (TPSA) is 64.2 Å². The highest BCUT2D eigenvalue weighted by Gasteiger charge is 2.27. The van der Waals surface area contributed by atoms with E-state index in [2.05, 4.69) is 10.1 Å². The van der Waals surface area contributed by atoms with Crippen molar-refractivity contribution >= 4 is 5.91 Å². The molecule has 1 aliphatic heterocycles. The van der Waals surface area contributed by atoms with Gasteiger partial charge in [0.25, 0.3) is 5.91 Å². The molecule has 3 aromatic rings. The molecular weight excluding hydrogens is 304 g/mol. The fourth-order valence-electron chi connectivity index (χ4n) is 3.00. The molecule has 2 aromatic heterocycles. The van der Waals surface area contributed by atoms with Crippen molar-refractivity contribution in [2.75, 3.05) is 6.54 Å². The van der Waals surface area contributed by atoms with Crippen molar-refractivity contribution in [2.24, 2.45) is 0 Å². The molecule has 0 N–H and O–H groups in total. The third kappa shape index (κ3) is 2.50. The highest BCUT2D eigenvalue weighted by molar-refractivity contribution is 5.92. The largest absolute Gasteiger partial charge is 0.441 e. The SMILES string of the molecule is CCn1nccc1C(=O)N1CCc2oc(-c3ccccc3)nc2C1. The molecule has 0 bridgehead atoms. The minimum Gasteiger partial charge on any atom is -0.441 e. The first-order valence-electron chi connectivity index (χ1n) is 8.11. The van der Waals surface area contributed by atoms with Crippen LogP contribution in [0.3, 0.4) is 0 Å². The molecule has 4 rings (SSSR count). The van der Waals surface area contributed by atoms with Crippen molar-refractivity contribution in [1.29, 1.82) is 0 Å². The van der Waals surface area contributed by atoms with Crippen LogP contribution in [0, 0.1) is 0 Å². The zero-order valence-corrected chi connectivity index (χ0v) is 13.5. The molecule has 1 aliphatic rings. The zero-order chi connectivity index (χ0) is 16.5. The number of amides is 1. The predicted molar refractivity (Wildman–Crippen MR) is 88.3 cm³/mol. The summed E-state index contributed by atoms with van der Waals surface area (Å²) in [6, 6.07) is 11.6. The van der Waals surface area contributed by atoms with Gasteiger partial charge in [-0.1, -0.05) is 18.2 Å². The maximum Gasteiger partial charge on any atom is 0.272 e. The van der Waals surface area contributed by atoms with Crippen molar-refractivity contribution in [2.45, 2.75) is 26.4 Å². The molecule has 0 saturated heterocycles. The first kappa shape index (κ1) is 14.7. The van der Waals surface area contributed by atoms with Crippen molar-refractivity contribution in [3.05, 3.63) is 59.7 Å². The number of aromatic nitrogens is 3. The molecule has 0 fully saturated rings. The van der Waals surface area contributed by atoms with Crippen LogP contribution in [0.2, 0.25) is 0 Å². The Labute approximate surface area is 139 Å².